The van der Waals surface area contributed by atoms with Crippen molar-refractivity contribution in [3.05, 3.63) is 71.8 Å². The maximum atomic E-state index is 13.0. The van der Waals surface area contributed by atoms with Crippen molar-refractivity contribution >= 4 is 54.9 Å². The Morgan fingerprint density at radius 2 is 1.56 bits per heavy atom. The third-order valence-corrected chi connectivity index (χ3v) is 5.85. The molecule has 0 amide bonds. The largest absolute Gasteiger partial charge is 0.279 e. The monoisotopic (exact) mass is 393 g/mol. The number of nitrogens with zero attached hydrogens (tertiary/aromatic N) is 1. The summed E-state index contributed by atoms with van der Waals surface area (Å²) in [7, 11) is -3.97. The third-order valence-electron chi connectivity index (χ3n) is 3.69. The fourth-order valence-electron chi connectivity index (χ4n) is 2.49. The second kappa shape index (κ2) is 7.04. The third kappa shape index (κ3) is 3.79. The molecule has 0 heterocycles. The standard InChI is InChI=1S/C18H13Cl2NO3S/c19-15-6-9-17(10-7-15)25(23,24)21(12-18(20)22)16-8-5-13-3-1-2-4-14(13)11-16/h1-11H,12H2. The molecule has 0 aliphatic rings. The summed E-state index contributed by atoms with van der Waals surface area (Å²) in [6, 6.07) is 18.5. The van der Waals surface area contributed by atoms with Crippen LogP contribution in [-0.4, -0.2) is 20.2 Å². The summed E-state index contributed by atoms with van der Waals surface area (Å²) in [6.45, 7) is -0.467. The van der Waals surface area contributed by atoms with E-state index >= 15 is 0 Å². The van der Waals surface area contributed by atoms with Crippen LogP contribution in [0.15, 0.2) is 71.6 Å². The van der Waals surface area contributed by atoms with E-state index in [0.717, 1.165) is 15.1 Å². The molecule has 0 saturated heterocycles. The summed E-state index contributed by atoms with van der Waals surface area (Å²) in [5, 5.41) is 1.47. The Morgan fingerprint density at radius 1 is 0.920 bits per heavy atom. The van der Waals surface area contributed by atoms with E-state index in [1.54, 1.807) is 18.2 Å². The quantitative estimate of drug-likeness (QED) is 0.601. The van der Waals surface area contributed by atoms with E-state index in [-0.39, 0.29) is 4.90 Å². The molecule has 0 aliphatic carbocycles. The predicted octanol–water partition coefficient (Wildman–Crippen LogP) is 4.45. The number of hydrogen-bond donors (Lipinski definition) is 0. The Kier molecular flexibility index (Phi) is 4.99. The molecular formula is C18H13Cl2NO3S. The van der Waals surface area contributed by atoms with Crippen LogP contribution in [0.25, 0.3) is 10.8 Å². The number of anilines is 1. The number of fused-ring (bicyclic) bond motifs is 1. The van der Waals surface area contributed by atoms with Crippen LogP contribution < -0.4 is 4.31 Å². The van der Waals surface area contributed by atoms with Crippen LogP contribution >= 0.6 is 23.2 Å². The zero-order chi connectivity index (χ0) is 18.0. The highest BCUT2D eigenvalue weighted by Gasteiger charge is 2.26. The molecule has 0 aliphatic heterocycles. The molecule has 4 nitrogen and oxygen atoms in total. The van der Waals surface area contributed by atoms with E-state index in [0.29, 0.717) is 10.7 Å². The summed E-state index contributed by atoms with van der Waals surface area (Å²) in [5.74, 6) is 0. The predicted molar refractivity (Wildman–Crippen MR) is 101 cm³/mol. The molecule has 0 N–H and O–H groups in total. The van der Waals surface area contributed by atoms with Crippen LogP contribution in [0.5, 0.6) is 0 Å². The van der Waals surface area contributed by atoms with E-state index in [9.17, 15) is 13.2 Å². The molecule has 0 bridgehead atoms. The number of halogens is 2. The summed E-state index contributed by atoms with van der Waals surface area (Å²) in [5.41, 5.74) is 0.364. The molecule has 0 radical (unpaired) electrons. The summed E-state index contributed by atoms with van der Waals surface area (Å²) >= 11 is 11.3. The molecule has 3 aromatic rings. The van der Waals surface area contributed by atoms with Crippen molar-refractivity contribution in [1.82, 2.24) is 0 Å². The van der Waals surface area contributed by atoms with Gasteiger partial charge < -0.3 is 0 Å². The Labute approximate surface area is 155 Å². The van der Waals surface area contributed by atoms with Crippen LogP contribution in [0.3, 0.4) is 0 Å². The van der Waals surface area contributed by atoms with Crippen molar-refractivity contribution in [2.24, 2.45) is 0 Å². The molecule has 3 aromatic carbocycles. The molecule has 0 spiro atoms. The highest BCUT2D eigenvalue weighted by molar-refractivity contribution is 7.92. The first-order valence-corrected chi connectivity index (χ1v) is 9.53. The van der Waals surface area contributed by atoms with Crippen molar-refractivity contribution in [2.45, 2.75) is 4.90 Å². The van der Waals surface area contributed by atoms with E-state index in [1.807, 2.05) is 24.3 Å². The lowest BCUT2D eigenvalue weighted by Crippen LogP contribution is -2.34. The van der Waals surface area contributed by atoms with Gasteiger partial charge in [0.2, 0.25) is 5.24 Å². The fraction of sp³-hybridized carbons (Fsp3) is 0.0556. The lowest BCUT2D eigenvalue weighted by molar-refractivity contribution is -0.110. The molecule has 25 heavy (non-hydrogen) atoms. The second-order valence-corrected chi connectivity index (χ2v) is 8.07. The molecule has 0 aromatic heterocycles. The van der Waals surface area contributed by atoms with Gasteiger partial charge in [-0.25, -0.2) is 8.42 Å². The van der Waals surface area contributed by atoms with Gasteiger partial charge in [-0.05, 0) is 58.8 Å². The number of rotatable bonds is 5. The lowest BCUT2D eigenvalue weighted by Gasteiger charge is -2.23. The van der Waals surface area contributed by atoms with Crippen LogP contribution in [0.2, 0.25) is 5.02 Å². The van der Waals surface area contributed by atoms with Crippen molar-refractivity contribution in [2.75, 3.05) is 10.8 Å². The van der Waals surface area contributed by atoms with Crippen LogP contribution in [0.1, 0.15) is 0 Å². The Hall–Kier alpha value is -2.08. The van der Waals surface area contributed by atoms with Crippen molar-refractivity contribution in [3.8, 4) is 0 Å². The maximum absolute atomic E-state index is 13.0. The average Bonchev–Trinajstić information content (AvgIpc) is 2.59. The van der Waals surface area contributed by atoms with E-state index < -0.39 is 21.8 Å². The first-order chi connectivity index (χ1) is 11.9. The number of benzene rings is 3. The number of carbonyl (C=O) groups excluding carboxylic acids is 1. The topological polar surface area (TPSA) is 54.5 Å². The minimum atomic E-state index is -3.97. The van der Waals surface area contributed by atoms with Gasteiger partial charge in [0, 0.05) is 5.02 Å². The molecule has 0 saturated carbocycles. The van der Waals surface area contributed by atoms with Crippen molar-refractivity contribution in [3.63, 3.8) is 0 Å². The average molecular weight is 394 g/mol. The van der Waals surface area contributed by atoms with Gasteiger partial charge >= 0.3 is 0 Å². The summed E-state index contributed by atoms with van der Waals surface area (Å²) in [6.07, 6.45) is 0. The zero-order valence-corrected chi connectivity index (χ0v) is 15.2. The Morgan fingerprint density at radius 3 is 2.20 bits per heavy atom. The smallest absolute Gasteiger partial charge is 0.264 e. The van der Waals surface area contributed by atoms with E-state index in [4.69, 9.17) is 23.2 Å². The van der Waals surface area contributed by atoms with Gasteiger partial charge in [0.05, 0.1) is 10.6 Å². The number of hydrogen-bond acceptors (Lipinski definition) is 3. The number of sulfonamides is 1. The Balaban J connectivity index is 2.12. The van der Waals surface area contributed by atoms with Crippen LogP contribution in [0, 0.1) is 0 Å². The Bertz CT molecular complexity index is 1030. The van der Waals surface area contributed by atoms with Crippen molar-refractivity contribution in [1.29, 1.82) is 0 Å². The SMILES string of the molecule is O=C(Cl)CN(c1ccc2ccccc2c1)S(=O)(=O)c1ccc(Cl)cc1. The molecule has 3 rings (SSSR count). The molecule has 0 unspecified atom stereocenters. The van der Waals surface area contributed by atoms with Gasteiger partial charge in [-0.3, -0.25) is 9.10 Å². The van der Waals surface area contributed by atoms with Gasteiger partial charge in [-0.2, -0.15) is 0 Å². The maximum Gasteiger partial charge on any atom is 0.264 e. The second-order valence-electron chi connectivity index (χ2n) is 5.35. The van der Waals surface area contributed by atoms with Crippen molar-refractivity contribution < 1.29 is 13.2 Å². The molecule has 0 fully saturated rings. The van der Waals surface area contributed by atoms with Gasteiger partial charge in [0.15, 0.2) is 0 Å². The van der Waals surface area contributed by atoms with Crippen LogP contribution in [0.4, 0.5) is 5.69 Å². The van der Waals surface area contributed by atoms with Gasteiger partial charge in [-0.15, -0.1) is 0 Å². The van der Waals surface area contributed by atoms with Crippen LogP contribution in [-0.2, 0) is 14.8 Å². The molecular weight excluding hydrogens is 381 g/mol. The minimum absolute atomic E-state index is 0.0305. The summed E-state index contributed by atoms with van der Waals surface area (Å²) in [4.78, 5) is 11.5. The fourth-order valence-corrected chi connectivity index (χ4v) is 4.22. The van der Waals surface area contributed by atoms with E-state index in [1.165, 1.54) is 24.3 Å². The lowest BCUT2D eigenvalue weighted by atomic mass is 10.1. The molecule has 0 atom stereocenters. The van der Waals surface area contributed by atoms with Gasteiger partial charge in [0.25, 0.3) is 10.0 Å². The first kappa shape index (κ1) is 17.7. The first-order valence-electron chi connectivity index (χ1n) is 7.33. The van der Waals surface area contributed by atoms with E-state index in [2.05, 4.69) is 0 Å². The highest BCUT2D eigenvalue weighted by Crippen LogP contribution is 2.28. The summed E-state index contributed by atoms with van der Waals surface area (Å²) < 4.78 is 27.0. The van der Waals surface area contributed by atoms with Gasteiger partial charge in [0.1, 0.15) is 6.54 Å². The van der Waals surface area contributed by atoms with Gasteiger partial charge in [-0.1, -0.05) is 41.9 Å². The zero-order valence-electron chi connectivity index (χ0n) is 12.9. The molecule has 128 valence electrons. The normalized spacial score (nSPS) is 11.4. The number of carbonyl (C=O) groups is 1. The molecule has 7 heteroatoms. The minimum Gasteiger partial charge on any atom is -0.279 e. The highest BCUT2D eigenvalue weighted by atomic mass is 35.5.